The Morgan fingerprint density at radius 1 is 0.966 bits per heavy atom. The summed E-state index contributed by atoms with van der Waals surface area (Å²) >= 11 is 0. The van der Waals surface area contributed by atoms with Crippen LogP contribution in [0.5, 0.6) is 0 Å². The molecule has 0 atom stereocenters. The molecular formula is C21H30N4O3S. The number of amides is 1. The summed E-state index contributed by atoms with van der Waals surface area (Å²) in [5.74, 6) is 0.0392. The first kappa shape index (κ1) is 21.5. The molecule has 0 radical (unpaired) electrons. The van der Waals surface area contributed by atoms with Gasteiger partial charge in [0, 0.05) is 44.8 Å². The molecule has 1 amide bonds. The quantitative estimate of drug-likeness (QED) is 0.747. The molecule has 0 spiro atoms. The summed E-state index contributed by atoms with van der Waals surface area (Å²) < 4.78 is 29.7. The lowest BCUT2D eigenvalue weighted by molar-refractivity contribution is -0.132. The molecule has 2 aromatic rings. The van der Waals surface area contributed by atoms with Crippen molar-refractivity contribution < 1.29 is 13.2 Å². The van der Waals surface area contributed by atoms with Crippen LogP contribution >= 0.6 is 0 Å². The molecule has 0 saturated carbocycles. The minimum Gasteiger partial charge on any atom is -0.340 e. The first-order chi connectivity index (χ1) is 13.6. The molecule has 0 bridgehead atoms. The molecule has 8 heteroatoms. The zero-order valence-electron chi connectivity index (χ0n) is 17.9. The Hall–Kier alpha value is -2.19. The van der Waals surface area contributed by atoms with Gasteiger partial charge in [-0.1, -0.05) is 17.7 Å². The highest BCUT2D eigenvalue weighted by molar-refractivity contribution is 7.89. The van der Waals surface area contributed by atoms with Gasteiger partial charge in [-0.3, -0.25) is 9.48 Å². The molecule has 29 heavy (non-hydrogen) atoms. The van der Waals surface area contributed by atoms with Crippen LogP contribution in [0.4, 0.5) is 0 Å². The van der Waals surface area contributed by atoms with E-state index in [0.29, 0.717) is 44.0 Å². The fourth-order valence-electron chi connectivity index (χ4n) is 4.14. The topological polar surface area (TPSA) is 75.5 Å². The van der Waals surface area contributed by atoms with Gasteiger partial charge in [-0.2, -0.15) is 9.40 Å². The summed E-state index contributed by atoms with van der Waals surface area (Å²) in [6.07, 6.45) is 0.366. The number of nitrogens with zero attached hydrogens (tertiary/aromatic N) is 4. The number of hydrogen-bond acceptors (Lipinski definition) is 4. The van der Waals surface area contributed by atoms with Crippen molar-refractivity contribution in [2.45, 2.75) is 52.5 Å². The van der Waals surface area contributed by atoms with Crippen molar-refractivity contribution in [3.05, 3.63) is 46.3 Å². The molecule has 1 saturated heterocycles. The SMILES string of the molecule is Cc1cc(C)c(S(=O)(=O)N2CCN(C(=O)CCn3nc(C)cc3C)CC2)c(C)c1. The molecule has 1 fully saturated rings. The third-order valence-electron chi connectivity index (χ3n) is 5.43. The second kappa shape index (κ2) is 8.28. The van der Waals surface area contributed by atoms with E-state index in [1.165, 1.54) is 4.31 Å². The van der Waals surface area contributed by atoms with E-state index in [1.807, 2.05) is 57.5 Å². The van der Waals surface area contributed by atoms with Crippen LogP contribution in [0.1, 0.15) is 34.5 Å². The van der Waals surface area contributed by atoms with Crippen LogP contribution in [0.25, 0.3) is 0 Å². The maximum Gasteiger partial charge on any atom is 0.243 e. The van der Waals surface area contributed by atoms with E-state index < -0.39 is 10.0 Å². The molecule has 1 aliphatic heterocycles. The Morgan fingerprint density at radius 3 is 2.07 bits per heavy atom. The molecule has 1 aromatic carbocycles. The number of rotatable bonds is 5. The molecule has 0 N–H and O–H groups in total. The lowest BCUT2D eigenvalue weighted by Gasteiger charge is -2.34. The molecule has 158 valence electrons. The van der Waals surface area contributed by atoms with Crippen molar-refractivity contribution in [1.82, 2.24) is 19.0 Å². The summed E-state index contributed by atoms with van der Waals surface area (Å²) in [7, 11) is -3.57. The number of carbonyl (C=O) groups is 1. The lowest BCUT2D eigenvalue weighted by atomic mass is 10.1. The van der Waals surface area contributed by atoms with Crippen LogP contribution in [0, 0.1) is 34.6 Å². The van der Waals surface area contributed by atoms with Crippen LogP contribution in [0.2, 0.25) is 0 Å². The Bertz CT molecular complexity index is 996. The third-order valence-corrected chi connectivity index (χ3v) is 7.64. The molecular weight excluding hydrogens is 388 g/mol. The number of hydrogen-bond donors (Lipinski definition) is 0. The fourth-order valence-corrected chi connectivity index (χ4v) is 5.98. The Morgan fingerprint density at radius 2 is 1.55 bits per heavy atom. The number of aromatic nitrogens is 2. The van der Waals surface area contributed by atoms with Gasteiger partial charge >= 0.3 is 0 Å². The average Bonchev–Trinajstić information content (AvgIpc) is 2.96. The summed E-state index contributed by atoms with van der Waals surface area (Å²) in [6.45, 7) is 11.6. The van der Waals surface area contributed by atoms with E-state index in [-0.39, 0.29) is 5.91 Å². The number of carbonyl (C=O) groups excluding carboxylic acids is 1. The van der Waals surface area contributed by atoms with Crippen LogP contribution < -0.4 is 0 Å². The number of benzene rings is 1. The zero-order valence-corrected chi connectivity index (χ0v) is 18.7. The standard InChI is InChI=1S/C21H30N4O3S/c1-15-12-16(2)21(17(3)13-15)29(27,28)24-10-8-23(9-11-24)20(26)6-7-25-19(5)14-18(4)22-25/h12-14H,6-11H2,1-5H3. The van der Waals surface area contributed by atoms with E-state index in [2.05, 4.69) is 5.10 Å². The van der Waals surface area contributed by atoms with Crippen molar-refractivity contribution in [2.75, 3.05) is 26.2 Å². The minimum atomic E-state index is -3.57. The highest BCUT2D eigenvalue weighted by atomic mass is 32.2. The second-order valence-electron chi connectivity index (χ2n) is 7.91. The van der Waals surface area contributed by atoms with Gasteiger partial charge in [-0.25, -0.2) is 8.42 Å². The van der Waals surface area contributed by atoms with E-state index in [9.17, 15) is 13.2 Å². The Balaban J connectivity index is 1.62. The smallest absolute Gasteiger partial charge is 0.243 e. The van der Waals surface area contributed by atoms with Gasteiger partial charge in [0.2, 0.25) is 15.9 Å². The predicted octanol–water partition coefficient (Wildman–Crippen LogP) is 2.35. The zero-order chi connectivity index (χ0) is 21.3. The van der Waals surface area contributed by atoms with Gasteiger partial charge in [-0.15, -0.1) is 0 Å². The first-order valence-electron chi connectivity index (χ1n) is 9.96. The molecule has 0 unspecified atom stereocenters. The summed E-state index contributed by atoms with van der Waals surface area (Å²) in [5.41, 5.74) is 4.57. The highest BCUT2D eigenvalue weighted by Gasteiger charge is 2.32. The van der Waals surface area contributed by atoms with E-state index in [4.69, 9.17) is 0 Å². The van der Waals surface area contributed by atoms with Crippen molar-refractivity contribution in [3.63, 3.8) is 0 Å². The van der Waals surface area contributed by atoms with Crippen LogP contribution in [-0.2, 0) is 21.4 Å². The average molecular weight is 419 g/mol. The minimum absolute atomic E-state index is 0.0392. The van der Waals surface area contributed by atoms with Gasteiger partial charge in [-0.05, 0) is 51.8 Å². The maximum absolute atomic E-state index is 13.2. The predicted molar refractivity (Wildman–Crippen MR) is 112 cm³/mol. The van der Waals surface area contributed by atoms with Crippen molar-refractivity contribution >= 4 is 15.9 Å². The summed E-state index contributed by atoms with van der Waals surface area (Å²) in [4.78, 5) is 14.7. The monoisotopic (exact) mass is 418 g/mol. The number of aryl methyl sites for hydroxylation is 6. The van der Waals surface area contributed by atoms with Crippen molar-refractivity contribution in [2.24, 2.45) is 0 Å². The fraction of sp³-hybridized carbons (Fsp3) is 0.524. The Labute approximate surface area is 173 Å². The van der Waals surface area contributed by atoms with Gasteiger partial charge in [0.25, 0.3) is 0 Å². The number of sulfonamides is 1. The second-order valence-corrected chi connectivity index (χ2v) is 9.79. The largest absolute Gasteiger partial charge is 0.340 e. The molecule has 1 aliphatic rings. The van der Waals surface area contributed by atoms with E-state index in [1.54, 1.807) is 4.90 Å². The van der Waals surface area contributed by atoms with Crippen LogP contribution in [-0.4, -0.2) is 59.5 Å². The van der Waals surface area contributed by atoms with Crippen molar-refractivity contribution in [3.8, 4) is 0 Å². The Kier molecular flexibility index (Phi) is 6.14. The van der Waals surface area contributed by atoms with E-state index >= 15 is 0 Å². The normalized spacial score (nSPS) is 15.7. The first-order valence-corrected chi connectivity index (χ1v) is 11.4. The van der Waals surface area contributed by atoms with Gasteiger partial charge in [0.15, 0.2) is 0 Å². The van der Waals surface area contributed by atoms with Gasteiger partial charge in [0.1, 0.15) is 0 Å². The molecule has 2 heterocycles. The molecule has 1 aromatic heterocycles. The molecule has 7 nitrogen and oxygen atoms in total. The molecule has 3 rings (SSSR count). The summed E-state index contributed by atoms with van der Waals surface area (Å²) in [5, 5.41) is 4.39. The number of piperazine rings is 1. The van der Waals surface area contributed by atoms with Gasteiger partial charge in [0.05, 0.1) is 10.6 Å². The summed E-state index contributed by atoms with van der Waals surface area (Å²) in [6, 6.07) is 5.79. The molecule has 0 aliphatic carbocycles. The highest BCUT2D eigenvalue weighted by Crippen LogP contribution is 2.26. The third kappa shape index (κ3) is 4.53. The van der Waals surface area contributed by atoms with E-state index in [0.717, 1.165) is 28.1 Å². The van der Waals surface area contributed by atoms with Gasteiger partial charge < -0.3 is 4.90 Å². The van der Waals surface area contributed by atoms with Crippen LogP contribution in [0.3, 0.4) is 0 Å². The lowest BCUT2D eigenvalue weighted by Crippen LogP contribution is -2.50. The maximum atomic E-state index is 13.2. The van der Waals surface area contributed by atoms with Crippen LogP contribution in [0.15, 0.2) is 23.1 Å². The van der Waals surface area contributed by atoms with Crippen molar-refractivity contribution in [1.29, 1.82) is 0 Å².